The van der Waals surface area contributed by atoms with Crippen molar-refractivity contribution in [1.82, 2.24) is 9.62 Å². The first-order valence-electron chi connectivity index (χ1n) is 5.92. The number of nitrogens with one attached hydrogen (secondary N) is 1. The van der Waals surface area contributed by atoms with Crippen LogP contribution in [0, 0.1) is 0 Å². The minimum Gasteiger partial charge on any atom is -0.315 e. The Morgan fingerprint density at radius 3 is 2.38 bits per heavy atom. The van der Waals surface area contributed by atoms with Crippen molar-refractivity contribution in [1.29, 1.82) is 0 Å². The molecular weight excluding hydrogens is 248 g/mol. The summed E-state index contributed by atoms with van der Waals surface area (Å²) < 4.78 is 26.4. The Balaban J connectivity index is 0.000000963. The molecule has 4 nitrogen and oxygen atoms in total. The molecule has 2 atom stereocenters. The third-order valence-corrected chi connectivity index (χ3v) is 6.32. The van der Waals surface area contributed by atoms with Crippen LogP contribution in [0.1, 0.15) is 32.1 Å². The van der Waals surface area contributed by atoms with E-state index in [1.807, 2.05) is 4.31 Å². The van der Waals surface area contributed by atoms with Gasteiger partial charge in [0.25, 0.3) is 0 Å². The predicted molar refractivity (Wildman–Crippen MR) is 65.3 cm³/mol. The average Bonchev–Trinajstić information content (AvgIpc) is 2.92. The summed E-state index contributed by atoms with van der Waals surface area (Å²) in [6.07, 6.45) is 4.86. The van der Waals surface area contributed by atoms with Crippen molar-refractivity contribution >= 4 is 22.4 Å². The minimum absolute atomic E-state index is 0. The van der Waals surface area contributed by atoms with Crippen molar-refractivity contribution in [3.63, 3.8) is 0 Å². The molecule has 0 radical (unpaired) electrons. The molecule has 0 amide bonds. The van der Waals surface area contributed by atoms with Crippen LogP contribution in [-0.2, 0) is 10.0 Å². The van der Waals surface area contributed by atoms with Crippen LogP contribution in [0.2, 0.25) is 0 Å². The molecule has 0 aromatic heterocycles. The molecule has 3 aliphatic rings. The van der Waals surface area contributed by atoms with E-state index in [0.717, 1.165) is 45.2 Å². The highest BCUT2D eigenvalue weighted by Crippen LogP contribution is 2.38. The van der Waals surface area contributed by atoms with Crippen LogP contribution in [-0.4, -0.2) is 43.1 Å². The van der Waals surface area contributed by atoms with Gasteiger partial charge in [-0.2, -0.15) is 4.31 Å². The molecule has 6 heteroatoms. The van der Waals surface area contributed by atoms with Crippen LogP contribution < -0.4 is 5.32 Å². The molecule has 94 valence electrons. The molecule has 3 fully saturated rings. The molecule has 2 unspecified atom stereocenters. The fourth-order valence-electron chi connectivity index (χ4n) is 2.89. The summed E-state index contributed by atoms with van der Waals surface area (Å²) in [5, 5.41) is 3.29. The summed E-state index contributed by atoms with van der Waals surface area (Å²) in [7, 11) is -2.95. The Hall–Kier alpha value is 0.160. The van der Waals surface area contributed by atoms with Crippen LogP contribution in [0.3, 0.4) is 0 Å². The standard InChI is InChI=1S/C10H18N2O2S.ClH/c13-15(14,10-3-4-10)12-8-1-2-9(12)7-11-6-5-8;/h8-11H,1-7H2;1H. The van der Waals surface area contributed by atoms with E-state index >= 15 is 0 Å². The second-order valence-corrected chi connectivity index (χ2v) is 7.07. The Kier molecular flexibility index (Phi) is 3.50. The Morgan fingerprint density at radius 1 is 1.00 bits per heavy atom. The van der Waals surface area contributed by atoms with Gasteiger partial charge in [-0.3, -0.25) is 0 Å². The molecule has 2 heterocycles. The third kappa shape index (κ3) is 1.98. The van der Waals surface area contributed by atoms with Gasteiger partial charge >= 0.3 is 0 Å². The monoisotopic (exact) mass is 266 g/mol. The van der Waals surface area contributed by atoms with Crippen LogP contribution >= 0.6 is 12.4 Å². The van der Waals surface area contributed by atoms with Gasteiger partial charge in [-0.1, -0.05) is 0 Å². The van der Waals surface area contributed by atoms with E-state index in [4.69, 9.17) is 0 Å². The van der Waals surface area contributed by atoms with Crippen molar-refractivity contribution in [2.45, 2.75) is 49.4 Å². The zero-order valence-corrected chi connectivity index (χ0v) is 10.9. The van der Waals surface area contributed by atoms with E-state index < -0.39 is 10.0 Å². The SMILES string of the molecule is Cl.O=S(=O)(C1CC1)N1C2CCNCC1CC2. The second-order valence-electron chi connectivity index (χ2n) is 4.95. The number of nitrogens with zero attached hydrogens (tertiary/aromatic N) is 1. The highest BCUT2D eigenvalue weighted by atomic mass is 35.5. The number of fused-ring (bicyclic) bond motifs is 2. The smallest absolute Gasteiger partial charge is 0.217 e. The van der Waals surface area contributed by atoms with E-state index in [9.17, 15) is 8.42 Å². The predicted octanol–water partition coefficient (Wildman–Crippen LogP) is 0.727. The van der Waals surface area contributed by atoms with E-state index in [1.54, 1.807) is 0 Å². The number of hydrogen-bond donors (Lipinski definition) is 1. The van der Waals surface area contributed by atoms with Crippen LogP contribution in [0.15, 0.2) is 0 Å². The molecular formula is C10H19ClN2O2S. The number of halogens is 1. The maximum Gasteiger partial charge on any atom is 0.217 e. The van der Waals surface area contributed by atoms with E-state index in [0.29, 0.717) is 0 Å². The van der Waals surface area contributed by atoms with Crippen LogP contribution in [0.4, 0.5) is 0 Å². The lowest BCUT2D eigenvalue weighted by Crippen LogP contribution is -2.44. The van der Waals surface area contributed by atoms with Gasteiger partial charge in [-0.15, -0.1) is 12.4 Å². The maximum atomic E-state index is 12.3. The first kappa shape index (κ1) is 12.6. The fraction of sp³-hybridized carbons (Fsp3) is 1.00. The zero-order chi connectivity index (χ0) is 10.5. The molecule has 1 saturated carbocycles. The molecule has 1 aliphatic carbocycles. The summed E-state index contributed by atoms with van der Waals surface area (Å²) in [5.41, 5.74) is 0. The van der Waals surface area contributed by atoms with Gasteiger partial charge in [0.15, 0.2) is 0 Å². The molecule has 16 heavy (non-hydrogen) atoms. The average molecular weight is 267 g/mol. The van der Waals surface area contributed by atoms with Crippen molar-refractivity contribution in [3.8, 4) is 0 Å². The van der Waals surface area contributed by atoms with Gasteiger partial charge in [0, 0.05) is 18.6 Å². The normalized spacial score (nSPS) is 35.5. The molecule has 3 rings (SSSR count). The second kappa shape index (κ2) is 4.44. The Bertz CT molecular complexity index is 342. The zero-order valence-electron chi connectivity index (χ0n) is 9.26. The molecule has 2 saturated heterocycles. The van der Waals surface area contributed by atoms with Crippen molar-refractivity contribution in [2.75, 3.05) is 13.1 Å². The van der Waals surface area contributed by atoms with Gasteiger partial charge < -0.3 is 5.32 Å². The Morgan fingerprint density at radius 2 is 1.69 bits per heavy atom. The highest BCUT2D eigenvalue weighted by molar-refractivity contribution is 7.90. The third-order valence-electron chi connectivity index (χ3n) is 3.83. The first-order valence-corrected chi connectivity index (χ1v) is 7.43. The summed E-state index contributed by atoms with van der Waals surface area (Å²) in [4.78, 5) is 0. The van der Waals surface area contributed by atoms with Crippen molar-refractivity contribution in [2.24, 2.45) is 0 Å². The van der Waals surface area contributed by atoms with Gasteiger partial charge in [0.2, 0.25) is 10.0 Å². The lowest BCUT2D eigenvalue weighted by Gasteiger charge is -2.26. The quantitative estimate of drug-likeness (QED) is 0.802. The van der Waals surface area contributed by atoms with Crippen molar-refractivity contribution < 1.29 is 8.42 Å². The van der Waals surface area contributed by atoms with E-state index in [1.165, 1.54) is 0 Å². The van der Waals surface area contributed by atoms with Gasteiger partial charge in [0.1, 0.15) is 0 Å². The molecule has 1 N–H and O–H groups in total. The molecule has 0 spiro atoms. The number of rotatable bonds is 2. The lowest BCUT2D eigenvalue weighted by atomic mass is 10.1. The summed E-state index contributed by atoms with van der Waals surface area (Å²) >= 11 is 0. The minimum atomic E-state index is -2.95. The Labute approximate surface area is 103 Å². The largest absolute Gasteiger partial charge is 0.315 e. The topological polar surface area (TPSA) is 49.4 Å². The summed E-state index contributed by atoms with van der Waals surface area (Å²) in [5.74, 6) is 0. The van der Waals surface area contributed by atoms with E-state index in [2.05, 4.69) is 5.32 Å². The number of sulfonamides is 1. The summed E-state index contributed by atoms with van der Waals surface area (Å²) in [6.45, 7) is 1.82. The van der Waals surface area contributed by atoms with Gasteiger partial charge in [-0.25, -0.2) is 8.42 Å². The van der Waals surface area contributed by atoms with E-state index in [-0.39, 0.29) is 29.7 Å². The van der Waals surface area contributed by atoms with Gasteiger partial charge in [0.05, 0.1) is 5.25 Å². The molecule has 2 bridgehead atoms. The maximum absolute atomic E-state index is 12.3. The van der Waals surface area contributed by atoms with Crippen LogP contribution in [0.25, 0.3) is 0 Å². The summed E-state index contributed by atoms with van der Waals surface area (Å²) in [6, 6.07) is 0.527. The first-order chi connectivity index (χ1) is 7.19. The molecule has 0 aromatic carbocycles. The van der Waals surface area contributed by atoms with Crippen molar-refractivity contribution in [3.05, 3.63) is 0 Å². The fourth-order valence-corrected chi connectivity index (χ4v) is 5.19. The lowest BCUT2D eigenvalue weighted by molar-refractivity contribution is 0.334. The number of hydrogen-bond acceptors (Lipinski definition) is 3. The highest BCUT2D eigenvalue weighted by Gasteiger charge is 2.48. The van der Waals surface area contributed by atoms with Crippen LogP contribution in [0.5, 0.6) is 0 Å². The molecule has 2 aliphatic heterocycles. The molecule has 0 aromatic rings. The van der Waals surface area contributed by atoms with Gasteiger partial charge in [-0.05, 0) is 38.6 Å².